The molecule has 0 aliphatic carbocycles. The Morgan fingerprint density at radius 2 is 1.96 bits per heavy atom. The van der Waals surface area contributed by atoms with Crippen molar-refractivity contribution in [1.29, 1.82) is 0 Å². The quantitative estimate of drug-likeness (QED) is 0.550. The van der Waals surface area contributed by atoms with E-state index in [1.807, 2.05) is 32.0 Å². The van der Waals surface area contributed by atoms with Crippen LogP contribution in [0.4, 0.5) is 0 Å². The fourth-order valence-corrected chi connectivity index (χ4v) is 2.41. The molecule has 24 heavy (non-hydrogen) atoms. The van der Waals surface area contributed by atoms with Crippen LogP contribution in [0.2, 0.25) is 0 Å². The average molecular weight is 348 g/mol. The molecule has 1 N–H and O–H groups in total. The highest BCUT2D eigenvalue weighted by atomic mass is 32.1. The van der Waals surface area contributed by atoms with E-state index < -0.39 is 0 Å². The summed E-state index contributed by atoms with van der Waals surface area (Å²) in [4.78, 5) is 0. The topological polar surface area (TPSA) is 64.4 Å². The summed E-state index contributed by atoms with van der Waals surface area (Å²) in [6.07, 6.45) is 4.74. The van der Waals surface area contributed by atoms with Crippen LogP contribution in [0.3, 0.4) is 0 Å². The number of unbranched alkanes of at least 4 members (excludes halogenated alkanes) is 1. The average Bonchev–Trinajstić information content (AvgIpc) is 2.93. The predicted molar refractivity (Wildman–Crippen MR) is 97.8 cm³/mol. The lowest BCUT2D eigenvalue weighted by molar-refractivity contribution is 0.288. The molecule has 1 heterocycles. The normalized spacial score (nSPS) is 11.1. The maximum atomic E-state index is 5.64. The first kappa shape index (κ1) is 18.2. The number of nitrogens with zero attached hydrogens (tertiary/aromatic N) is 3. The molecule has 130 valence electrons. The number of aryl methyl sites for hydroxylation is 1. The molecule has 1 aromatic heterocycles. The van der Waals surface area contributed by atoms with E-state index in [9.17, 15) is 0 Å². The number of hydrogen-bond donors (Lipinski definition) is 1. The number of benzene rings is 1. The zero-order chi connectivity index (χ0) is 17.4. The largest absolute Gasteiger partial charge is 0.490 e. The van der Waals surface area contributed by atoms with Gasteiger partial charge in [-0.25, -0.2) is 0 Å². The van der Waals surface area contributed by atoms with Crippen LogP contribution >= 0.6 is 12.2 Å². The maximum absolute atomic E-state index is 5.64. The molecule has 0 amide bonds. The molecular weight excluding hydrogens is 324 g/mol. The van der Waals surface area contributed by atoms with Gasteiger partial charge in [0.25, 0.3) is 0 Å². The van der Waals surface area contributed by atoms with Gasteiger partial charge in [0.2, 0.25) is 4.77 Å². The Labute approximate surface area is 147 Å². The van der Waals surface area contributed by atoms with Crippen LogP contribution in [0, 0.1) is 4.77 Å². The Morgan fingerprint density at radius 3 is 2.67 bits per heavy atom. The van der Waals surface area contributed by atoms with Crippen molar-refractivity contribution in [2.75, 3.05) is 13.2 Å². The molecule has 7 heteroatoms. The number of aromatic amines is 1. The van der Waals surface area contributed by atoms with Crippen LogP contribution in [-0.4, -0.2) is 34.3 Å². The molecule has 0 unspecified atom stereocenters. The monoisotopic (exact) mass is 348 g/mol. The molecule has 6 nitrogen and oxygen atoms in total. The summed E-state index contributed by atoms with van der Waals surface area (Å²) in [5, 5.41) is 11.5. The van der Waals surface area contributed by atoms with Crippen LogP contribution < -0.4 is 9.47 Å². The van der Waals surface area contributed by atoms with E-state index in [4.69, 9.17) is 21.7 Å². The lowest BCUT2D eigenvalue weighted by Crippen LogP contribution is -2.01. The molecular formula is C17H24N4O2S. The van der Waals surface area contributed by atoms with Gasteiger partial charge in [0.05, 0.1) is 19.4 Å². The van der Waals surface area contributed by atoms with Crippen LogP contribution in [-0.2, 0) is 6.42 Å². The molecule has 0 bridgehead atoms. The van der Waals surface area contributed by atoms with Gasteiger partial charge in [0, 0.05) is 6.42 Å². The van der Waals surface area contributed by atoms with Crippen molar-refractivity contribution in [3.05, 3.63) is 34.4 Å². The summed E-state index contributed by atoms with van der Waals surface area (Å²) >= 11 is 5.25. The van der Waals surface area contributed by atoms with E-state index in [-0.39, 0.29) is 0 Å². The Morgan fingerprint density at radius 1 is 1.21 bits per heavy atom. The Balaban J connectivity index is 2.24. The predicted octanol–water partition coefficient (Wildman–Crippen LogP) is 3.96. The third kappa shape index (κ3) is 4.67. The van der Waals surface area contributed by atoms with Crippen LogP contribution in [0.25, 0.3) is 0 Å². The van der Waals surface area contributed by atoms with Gasteiger partial charge in [-0.05, 0) is 56.2 Å². The third-order valence-corrected chi connectivity index (χ3v) is 3.63. The molecule has 0 saturated heterocycles. The van der Waals surface area contributed by atoms with Crippen molar-refractivity contribution in [2.24, 2.45) is 5.10 Å². The summed E-state index contributed by atoms with van der Waals surface area (Å²) in [5.41, 5.74) is 0.909. The molecule has 0 spiro atoms. The number of rotatable bonds is 9. The lowest BCUT2D eigenvalue weighted by Gasteiger charge is -2.11. The number of nitrogens with one attached hydrogen (secondary N) is 1. The second-order valence-electron chi connectivity index (χ2n) is 5.18. The van der Waals surface area contributed by atoms with Crippen molar-refractivity contribution in [3.63, 3.8) is 0 Å². The summed E-state index contributed by atoms with van der Waals surface area (Å²) < 4.78 is 13.4. The zero-order valence-corrected chi connectivity index (χ0v) is 15.2. The number of ether oxygens (including phenoxy) is 2. The first-order valence-electron chi connectivity index (χ1n) is 8.29. The SMILES string of the molecule is CCCCc1n[nH]c(=S)n1/N=C/c1ccc(OCC)c(OCC)c1. The van der Waals surface area contributed by atoms with Crippen molar-refractivity contribution < 1.29 is 9.47 Å². The molecule has 0 aliphatic rings. The number of H-pyrrole nitrogens is 1. The van der Waals surface area contributed by atoms with Gasteiger partial charge in [-0.1, -0.05) is 13.3 Å². The van der Waals surface area contributed by atoms with E-state index in [2.05, 4.69) is 22.2 Å². The maximum Gasteiger partial charge on any atom is 0.216 e. The Bertz CT molecular complexity index is 736. The van der Waals surface area contributed by atoms with Gasteiger partial charge >= 0.3 is 0 Å². The Hall–Kier alpha value is -2.15. The minimum Gasteiger partial charge on any atom is -0.490 e. The van der Waals surface area contributed by atoms with Crippen LogP contribution in [0.15, 0.2) is 23.3 Å². The van der Waals surface area contributed by atoms with Gasteiger partial charge < -0.3 is 9.47 Å². The minimum absolute atomic E-state index is 0.494. The van der Waals surface area contributed by atoms with E-state index >= 15 is 0 Å². The van der Waals surface area contributed by atoms with Gasteiger partial charge in [0.15, 0.2) is 17.3 Å². The molecule has 0 radical (unpaired) electrons. The fourth-order valence-electron chi connectivity index (χ4n) is 2.21. The molecule has 1 aromatic carbocycles. The van der Waals surface area contributed by atoms with Crippen LogP contribution in [0.5, 0.6) is 11.5 Å². The second-order valence-corrected chi connectivity index (χ2v) is 5.56. The standard InChI is InChI=1S/C17H24N4O2S/c1-4-7-8-16-19-20-17(24)21(16)18-12-13-9-10-14(22-5-2)15(11-13)23-6-3/h9-12H,4-8H2,1-3H3,(H,20,24)/b18-12+. The van der Waals surface area contributed by atoms with Crippen molar-refractivity contribution >= 4 is 18.4 Å². The summed E-state index contributed by atoms with van der Waals surface area (Å²) in [6, 6.07) is 5.74. The minimum atomic E-state index is 0.494. The summed E-state index contributed by atoms with van der Waals surface area (Å²) in [5.74, 6) is 2.29. The zero-order valence-electron chi connectivity index (χ0n) is 14.4. The first-order valence-corrected chi connectivity index (χ1v) is 8.70. The molecule has 0 atom stereocenters. The number of hydrogen-bond acceptors (Lipinski definition) is 5. The van der Waals surface area contributed by atoms with E-state index in [0.717, 1.165) is 36.4 Å². The Kier molecular flexibility index (Phi) is 6.99. The molecule has 0 aliphatic heterocycles. The van der Waals surface area contributed by atoms with Crippen LogP contribution in [0.1, 0.15) is 45.0 Å². The van der Waals surface area contributed by atoms with Gasteiger partial charge in [0.1, 0.15) is 0 Å². The van der Waals surface area contributed by atoms with Gasteiger partial charge in [-0.2, -0.15) is 14.9 Å². The second kappa shape index (κ2) is 9.22. The number of aromatic nitrogens is 3. The van der Waals surface area contributed by atoms with E-state index in [1.54, 1.807) is 10.9 Å². The molecule has 0 saturated carbocycles. The van der Waals surface area contributed by atoms with E-state index in [0.29, 0.717) is 23.7 Å². The van der Waals surface area contributed by atoms with Crippen molar-refractivity contribution in [3.8, 4) is 11.5 Å². The molecule has 0 fully saturated rings. The highest BCUT2D eigenvalue weighted by Crippen LogP contribution is 2.28. The van der Waals surface area contributed by atoms with Gasteiger partial charge in [-0.15, -0.1) is 0 Å². The summed E-state index contributed by atoms with van der Waals surface area (Å²) in [6.45, 7) is 7.21. The lowest BCUT2D eigenvalue weighted by atomic mass is 10.2. The fraction of sp³-hybridized carbons (Fsp3) is 0.471. The third-order valence-electron chi connectivity index (χ3n) is 3.36. The molecule has 2 rings (SSSR count). The van der Waals surface area contributed by atoms with Gasteiger partial charge in [-0.3, -0.25) is 5.10 Å². The highest BCUT2D eigenvalue weighted by molar-refractivity contribution is 7.71. The van der Waals surface area contributed by atoms with E-state index in [1.165, 1.54) is 0 Å². The first-order chi connectivity index (χ1) is 11.7. The molecule has 2 aromatic rings. The smallest absolute Gasteiger partial charge is 0.216 e. The van der Waals surface area contributed by atoms with Crippen molar-refractivity contribution in [2.45, 2.75) is 40.0 Å². The summed E-state index contributed by atoms with van der Waals surface area (Å²) in [7, 11) is 0. The van der Waals surface area contributed by atoms with Crippen molar-refractivity contribution in [1.82, 2.24) is 14.9 Å². The highest BCUT2D eigenvalue weighted by Gasteiger charge is 2.06.